The van der Waals surface area contributed by atoms with Crippen LogP contribution in [-0.2, 0) is 16.0 Å². The van der Waals surface area contributed by atoms with Gasteiger partial charge in [0.1, 0.15) is 12.4 Å². The van der Waals surface area contributed by atoms with Crippen LogP contribution in [0.1, 0.15) is 22.3 Å². The van der Waals surface area contributed by atoms with Crippen LogP contribution in [-0.4, -0.2) is 41.1 Å². The second-order valence-electron chi connectivity index (χ2n) is 7.66. The van der Waals surface area contributed by atoms with Crippen LogP contribution in [0.25, 0.3) is 0 Å². The zero-order valence-corrected chi connectivity index (χ0v) is 19.4. The fraction of sp³-hybridized carbons (Fsp3) is 0.280. The van der Waals surface area contributed by atoms with E-state index >= 15 is 0 Å². The van der Waals surface area contributed by atoms with Gasteiger partial charge in [0.2, 0.25) is 11.8 Å². The van der Waals surface area contributed by atoms with Gasteiger partial charge in [0.15, 0.2) is 5.78 Å². The number of benzene rings is 1. The maximum absolute atomic E-state index is 12.0. The molecular formula is C25H29N5O3. The Morgan fingerprint density at radius 1 is 1.03 bits per heavy atom. The lowest BCUT2D eigenvalue weighted by Crippen LogP contribution is -2.08. The molecule has 0 saturated carbocycles. The molecule has 0 atom stereocenters. The number of ether oxygens (including phenoxy) is 2. The number of pyridine rings is 1. The summed E-state index contributed by atoms with van der Waals surface area (Å²) < 4.78 is 10.6. The molecule has 0 fully saturated rings. The highest BCUT2D eigenvalue weighted by Gasteiger charge is 2.11. The molecule has 0 aliphatic heterocycles. The molecule has 172 valence electrons. The zero-order valence-electron chi connectivity index (χ0n) is 19.4. The van der Waals surface area contributed by atoms with E-state index in [9.17, 15) is 4.79 Å². The fourth-order valence-corrected chi connectivity index (χ4v) is 3.08. The quantitative estimate of drug-likeness (QED) is 0.325. The van der Waals surface area contributed by atoms with Crippen molar-refractivity contribution in [1.29, 1.82) is 0 Å². The number of rotatable bonds is 11. The summed E-state index contributed by atoms with van der Waals surface area (Å²) in [6.07, 6.45) is 5.08. The summed E-state index contributed by atoms with van der Waals surface area (Å²) in [6.45, 7) is 10.3. The zero-order chi connectivity index (χ0) is 23.8. The van der Waals surface area contributed by atoms with Crippen molar-refractivity contribution in [1.82, 2.24) is 15.0 Å². The number of allylic oxidation sites excluding steroid dienone is 1. The Balaban J connectivity index is 1.83. The van der Waals surface area contributed by atoms with Gasteiger partial charge in [-0.2, -0.15) is 4.98 Å². The molecule has 0 unspecified atom stereocenters. The predicted octanol–water partition coefficient (Wildman–Crippen LogP) is 4.61. The largest absolute Gasteiger partial charge is 0.475 e. The maximum Gasteiger partial charge on any atom is 0.229 e. The molecule has 33 heavy (non-hydrogen) atoms. The molecule has 3 aromatic rings. The minimum absolute atomic E-state index is 0.0397. The third-order valence-electron chi connectivity index (χ3n) is 4.94. The number of carbonyl (C=O) groups is 1. The Morgan fingerprint density at radius 3 is 2.58 bits per heavy atom. The molecule has 0 bridgehead atoms. The molecule has 0 amide bonds. The molecule has 2 aromatic heterocycles. The number of methoxy groups -OCH3 is 1. The molecule has 3 rings (SSSR count). The van der Waals surface area contributed by atoms with E-state index in [1.807, 2.05) is 39.0 Å². The van der Waals surface area contributed by atoms with Crippen molar-refractivity contribution in [2.45, 2.75) is 27.2 Å². The summed E-state index contributed by atoms with van der Waals surface area (Å²) in [5.41, 5.74) is 5.37. The molecule has 0 radical (unpaired) electrons. The van der Waals surface area contributed by atoms with E-state index in [4.69, 9.17) is 9.47 Å². The van der Waals surface area contributed by atoms with Gasteiger partial charge in [-0.25, -0.2) is 9.97 Å². The first-order chi connectivity index (χ1) is 15.9. The minimum atomic E-state index is -0.0397. The Morgan fingerprint density at radius 2 is 1.82 bits per heavy atom. The van der Waals surface area contributed by atoms with Crippen LogP contribution < -0.4 is 15.4 Å². The van der Waals surface area contributed by atoms with Gasteiger partial charge in [-0.3, -0.25) is 4.79 Å². The van der Waals surface area contributed by atoms with Crippen LogP contribution in [0.2, 0.25) is 0 Å². The standard InChI is InChI=1S/C25H29N5O3/c1-6-20(31)12-19-11-16(2)7-8-21(19)28-24-18(4)15-27-25(30-24)29-22-13-23(26-14-17(22)3)33-10-9-32-5/h6-8,11,13-15H,1,9-10,12H2,2-5H3,(H2,26,27,28,29,30). The van der Waals surface area contributed by atoms with Crippen molar-refractivity contribution in [3.05, 3.63) is 71.6 Å². The van der Waals surface area contributed by atoms with Gasteiger partial charge in [-0.15, -0.1) is 0 Å². The first-order valence-electron chi connectivity index (χ1n) is 10.6. The van der Waals surface area contributed by atoms with Crippen LogP contribution in [0.15, 0.2) is 49.3 Å². The highest BCUT2D eigenvalue weighted by molar-refractivity contribution is 5.92. The molecule has 0 saturated heterocycles. The van der Waals surface area contributed by atoms with Gasteiger partial charge >= 0.3 is 0 Å². The highest BCUT2D eigenvalue weighted by atomic mass is 16.5. The van der Waals surface area contributed by atoms with Crippen LogP contribution in [0.4, 0.5) is 23.1 Å². The van der Waals surface area contributed by atoms with Gasteiger partial charge < -0.3 is 20.1 Å². The summed E-state index contributed by atoms with van der Waals surface area (Å²) in [7, 11) is 1.62. The first kappa shape index (κ1) is 23.9. The second kappa shape index (κ2) is 11.2. The number of carbonyl (C=O) groups excluding carboxylic acids is 1. The molecule has 8 heteroatoms. The Bertz CT molecular complexity index is 1150. The number of nitrogens with one attached hydrogen (secondary N) is 2. The smallest absolute Gasteiger partial charge is 0.229 e. The summed E-state index contributed by atoms with van der Waals surface area (Å²) in [4.78, 5) is 25.3. The second-order valence-corrected chi connectivity index (χ2v) is 7.66. The third kappa shape index (κ3) is 6.60. The summed E-state index contributed by atoms with van der Waals surface area (Å²) in [5.74, 6) is 1.52. The van der Waals surface area contributed by atoms with Crippen LogP contribution in [0.3, 0.4) is 0 Å². The van der Waals surface area contributed by atoms with Crippen molar-refractivity contribution in [2.75, 3.05) is 31.0 Å². The summed E-state index contributed by atoms with van der Waals surface area (Å²) >= 11 is 0. The lowest BCUT2D eigenvalue weighted by molar-refractivity contribution is -0.114. The van der Waals surface area contributed by atoms with Gasteiger partial charge in [-0.05, 0) is 44.0 Å². The highest BCUT2D eigenvalue weighted by Crippen LogP contribution is 2.26. The van der Waals surface area contributed by atoms with Crippen molar-refractivity contribution < 1.29 is 14.3 Å². The molecular weight excluding hydrogens is 418 g/mol. The van der Waals surface area contributed by atoms with E-state index < -0.39 is 0 Å². The van der Waals surface area contributed by atoms with E-state index in [0.29, 0.717) is 30.9 Å². The van der Waals surface area contributed by atoms with Gasteiger partial charge in [0.25, 0.3) is 0 Å². The maximum atomic E-state index is 12.0. The van der Waals surface area contributed by atoms with E-state index in [-0.39, 0.29) is 12.2 Å². The van der Waals surface area contributed by atoms with Crippen LogP contribution in [0, 0.1) is 20.8 Å². The van der Waals surface area contributed by atoms with Crippen LogP contribution >= 0.6 is 0 Å². The average Bonchev–Trinajstić information content (AvgIpc) is 2.80. The van der Waals surface area contributed by atoms with Crippen molar-refractivity contribution in [3.63, 3.8) is 0 Å². The normalized spacial score (nSPS) is 10.5. The number of hydrogen-bond acceptors (Lipinski definition) is 8. The predicted molar refractivity (Wildman–Crippen MR) is 130 cm³/mol. The molecule has 0 aliphatic rings. The van der Waals surface area contributed by atoms with Gasteiger partial charge in [-0.1, -0.05) is 24.3 Å². The molecule has 0 spiro atoms. The third-order valence-corrected chi connectivity index (χ3v) is 4.94. The van der Waals surface area contributed by atoms with E-state index in [0.717, 1.165) is 33.6 Å². The Kier molecular flexibility index (Phi) is 8.10. The van der Waals surface area contributed by atoms with E-state index in [1.54, 1.807) is 25.6 Å². The molecule has 1 aromatic carbocycles. The molecule has 2 N–H and O–H groups in total. The number of ketones is 1. The monoisotopic (exact) mass is 447 g/mol. The first-order valence-corrected chi connectivity index (χ1v) is 10.6. The Hall–Kier alpha value is -3.78. The number of hydrogen-bond donors (Lipinski definition) is 2. The number of nitrogens with zero attached hydrogens (tertiary/aromatic N) is 3. The van der Waals surface area contributed by atoms with E-state index in [2.05, 4.69) is 32.2 Å². The lowest BCUT2D eigenvalue weighted by atomic mass is 10.0. The van der Waals surface area contributed by atoms with E-state index in [1.165, 1.54) is 6.08 Å². The number of aromatic nitrogens is 3. The molecule has 8 nitrogen and oxygen atoms in total. The van der Waals surface area contributed by atoms with Crippen molar-refractivity contribution >= 4 is 28.9 Å². The lowest BCUT2D eigenvalue weighted by Gasteiger charge is -2.15. The number of anilines is 4. The topological polar surface area (TPSA) is 98.3 Å². The Labute approximate surface area is 194 Å². The molecule has 0 aliphatic carbocycles. The minimum Gasteiger partial charge on any atom is -0.475 e. The SMILES string of the molecule is C=CC(=O)Cc1cc(C)ccc1Nc1nc(Nc2cc(OCCOC)ncc2C)ncc1C. The average molecular weight is 448 g/mol. The van der Waals surface area contributed by atoms with Crippen LogP contribution in [0.5, 0.6) is 5.88 Å². The van der Waals surface area contributed by atoms with Crippen molar-refractivity contribution in [3.8, 4) is 5.88 Å². The fourth-order valence-electron chi connectivity index (χ4n) is 3.08. The molecule has 2 heterocycles. The summed E-state index contributed by atoms with van der Waals surface area (Å²) in [6, 6.07) is 7.74. The van der Waals surface area contributed by atoms with Gasteiger partial charge in [0.05, 0.1) is 12.3 Å². The van der Waals surface area contributed by atoms with Crippen molar-refractivity contribution in [2.24, 2.45) is 0 Å². The summed E-state index contributed by atoms with van der Waals surface area (Å²) in [5, 5.41) is 6.60. The van der Waals surface area contributed by atoms with Gasteiger partial charge in [0, 0.05) is 43.2 Å². The number of aryl methyl sites for hydroxylation is 3.